The van der Waals surface area contributed by atoms with Crippen molar-refractivity contribution in [3.05, 3.63) is 0 Å². The fraction of sp³-hybridized carbons (Fsp3) is 0.955. The summed E-state index contributed by atoms with van der Waals surface area (Å²) < 4.78 is 69.0. The number of rotatable bonds is 86. The monoisotopic (exact) mass is 1580 g/mol. The van der Waals surface area contributed by atoms with Crippen LogP contribution in [0.1, 0.15) is 466 Å². The predicted molar refractivity (Wildman–Crippen MR) is 446 cm³/mol. The van der Waals surface area contributed by atoms with Crippen LogP contribution in [-0.2, 0) is 65.4 Å². The van der Waals surface area contributed by atoms with Gasteiger partial charge in [0.2, 0.25) is 0 Å². The third-order valence-electron chi connectivity index (χ3n) is 20.8. The first-order chi connectivity index (χ1) is 52.1. The molecule has 0 amide bonds. The molecule has 19 heteroatoms. The van der Waals surface area contributed by atoms with Crippen molar-refractivity contribution < 1.29 is 80.2 Å². The molecule has 0 radical (unpaired) electrons. The molecule has 0 saturated heterocycles. The highest BCUT2D eigenvalue weighted by Gasteiger charge is 2.31. The lowest BCUT2D eigenvalue weighted by atomic mass is 10.0. The minimum Gasteiger partial charge on any atom is -0.462 e. The van der Waals surface area contributed by atoms with Crippen molar-refractivity contribution in [2.24, 2.45) is 23.7 Å². The van der Waals surface area contributed by atoms with Crippen LogP contribution in [0, 0.1) is 23.7 Å². The zero-order valence-corrected chi connectivity index (χ0v) is 73.3. The van der Waals surface area contributed by atoms with Gasteiger partial charge in [-0.15, -0.1) is 0 Å². The lowest BCUT2D eigenvalue weighted by molar-refractivity contribution is -0.161. The lowest BCUT2D eigenvalue weighted by Crippen LogP contribution is -2.30. The molecule has 17 nitrogen and oxygen atoms in total. The molecule has 0 aliphatic carbocycles. The number of aliphatic hydroxyl groups excluding tert-OH is 1. The number of esters is 4. The number of ether oxygens (including phenoxy) is 4. The van der Waals surface area contributed by atoms with E-state index in [0.717, 1.165) is 114 Å². The highest BCUT2D eigenvalue weighted by Crippen LogP contribution is 2.45. The number of hydrogen-bond donors (Lipinski definition) is 3. The molecule has 0 rings (SSSR count). The van der Waals surface area contributed by atoms with Crippen molar-refractivity contribution in [2.75, 3.05) is 39.6 Å². The van der Waals surface area contributed by atoms with Crippen LogP contribution in [0.2, 0.25) is 0 Å². The first kappa shape index (κ1) is 106. The number of carbonyl (C=O) groups is 4. The van der Waals surface area contributed by atoms with Crippen LogP contribution < -0.4 is 0 Å². The van der Waals surface area contributed by atoms with Crippen molar-refractivity contribution in [1.82, 2.24) is 0 Å². The van der Waals surface area contributed by atoms with Gasteiger partial charge in [-0.05, 0) is 49.4 Å². The Balaban J connectivity index is 5.24. The molecular formula is C89H174O17P2. The summed E-state index contributed by atoms with van der Waals surface area (Å²) in [5.41, 5.74) is 0. The first-order valence-corrected chi connectivity index (χ1v) is 48.7. The molecule has 0 aliphatic heterocycles. The minimum absolute atomic E-state index is 0.107. The molecule has 3 N–H and O–H groups in total. The number of hydrogen-bond acceptors (Lipinski definition) is 15. The molecule has 0 heterocycles. The molecule has 0 aromatic rings. The van der Waals surface area contributed by atoms with Crippen molar-refractivity contribution in [2.45, 2.75) is 485 Å². The predicted octanol–water partition coefficient (Wildman–Crippen LogP) is 27.1. The second-order valence-electron chi connectivity index (χ2n) is 33.9. The van der Waals surface area contributed by atoms with Crippen molar-refractivity contribution in [3.63, 3.8) is 0 Å². The summed E-state index contributed by atoms with van der Waals surface area (Å²) >= 11 is 0. The average molecular weight is 1580 g/mol. The van der Waals surface area contributed by atoms with Gasteiger partial charge >= 0.3 is 39.5 Å². The molecule has 0 saturated carbocycles. The van der Waals surface area contributed by atoms with Crippen LogP contribution in [0.3, 0.4) is 0 Å². The fourth-order valence-corrected chi connectivity index (χ4v) is 15.4. The van der Waals surface area contributed by atoms with E-state index in [2.05, 4.69) is 55.4 Å². The lowest BCUT2D eigenvalue weighted by Gasteiger charge is -2.21. The summed E-state index contributed by atoms with van der Waals surface area (Å²) in [7, 11) is -9.93. The van der Waals surface area contributed by atoms with Crippen molar-refractivity contribution in [3.8, 4) is 0 Å². The number of carbonyl (C=O) groups excluding carboxylic acids is 4. The van der Waals surface area contributed by atoms with Crippen LogP contribution in [0.5, 0.6) is 0 Å². The van der Waals surface area contributed by atoms with E-state index in [1.807, 2.05) is 0 Å². The topological polar surface area (TPSA) is 237 Å². The minimum atomic E-state index is -4.97. The maximum Gasteiger partial charge on any atom is 0.472 e. The summed E-state index contributed by atoms with van der Waals surface area (Å²) in [5.74, 6) is 1.05. The molecule has 642 valence electrons. The SMILES string of the molecule is CC(C)CCCCCCCCCCCCCCCCCCCCC(=O)O[C@H](COC(=O)CCCCCCCCCCCCCCCCCCC(C)C)COP(=O)(O)OC[C@@H](O)COP(=O)(O)OC[C@@H](COC(=O)CCCCCCCCCCC(C)C)OC(=O)CCCCCCCCCCCCCCCCC(C)C. The third-order valence-corrected chi connectivity index (χ3v) is 22.7. The molecule has 5 atom stereocenters. The number of phosphoric acid groups is 2. The fourth-order valence-electron chi connectivity index (χ4n) is 13.8. The van der Waals surface area contributed by atoms with Crippen molar-refractivity contribution >= 4 is 39.5 Å². The molecule has 0 fully saturated rings. The van der Waals surface area contributed by atoms with Gasteiger partial charge in [0.05, 0.1) is 26.4 Å². The molecule has 108 heavy (non-hydrogen) atoms. The number of aliphatic hydroxyl groups is 1. The summed E-state index contributed by atoms with van der Waals surface area (Å²) in [5, 5.41) is 10.7. The van der Waals surface area contributed by atoms with Gasteiger partial charge in [-0.1, -0.05) is 415 Å². The van der Waals surface area contributed by atoms with Gasteiger partial charge in [0.1, 0.15) is 19.3 Å². The number of phosphoric ester groups is 2. The molecule has 0 aliphatic rings. The average Bonchev–Trinajstić information content (AvgIpc) is 0.900. The Morgan fingerprint density at radius 3 is 0.574 bits per heavy atom. The Hall–Kier alpha value is -1.94. The smallest absolute Gasteiger partial charge is 0.462 e. The van der Waals surface area contributed by atoms with Crippen LogP contribution in [-0.4, -0.2) is 96.7 Å². The van der Waals surface area contributed by atoms with Gasteiger partial charge in [0, 0.05) is 25.7 Å². The quantitative estimate of drug-likeness (QED) is 0.0222. The molecule has 0 bridgehead atoms. The summed E-state index contributed by atoms with van der Waals surface area (Å²) in [4.78, 5) is 73.3. The maximum absolute atomic E-state index is 13.2. The second kappa shape index (κ2) is 77.6. The molecule has 0 aromatic heterocycles. The Morgan fingerprint density at radius 2 is 0.389 bits per heavy atom. The molecule has 0 aromatic carbocycles. The summed E-state index contributed by atoms with van der Waals surface area (Å²) in [6, 6.07) is 0. The van der Waals surface area contributed by atoms with Gasteiger partial charge < -0.3 is 33.8 Å². The van der Waals surface area contributed by atoms with Crippen LogP contribution >= 0.6 is 15.6 Å². The Kier molecular flexibility index (Phi) is 76.2. The first-order valence-electron chi connectivity index (χ1n) is 45.7. The Labute approximate surface area is 664 Å². The van der Waals surface area contributed by atoms with E-state index in [1.54, 1.807) is 0 Å². The van der Waals surface area contributed by atoms with E-state index < -0.39 is 97.5 Å². The van der Waals surface area contributed by atoms with Crippen LogP contribution in [0.15, 0.2) is 0 Å². The standard InChI is InChI=1S/C89H174O17P2/c1-79(2)65-57-49-41-33-27-21-15-11-9-10-12-18-25-31-37-47-55-63-71-88(93)105-84(75-99-86(91)69-61-53-45-36-30-24-17-14-13-16-22-28-34-42-50-58-66-80(3)4)77-103-107(95,96)101-73-83(90)74-102-108(97,98)104-78-85(76-100-87(92)70-62-54-46-40-39-44-52-60-68-82(7)8)106-89(94)72-64-56-48-38-32-26-20-19-23-29-35-43-51-59-67-81(5)6/h79-85,90H,9-78H2,1-8H3,(H,95,96)(H,97,98)/t83-,84-,85-/m1/s1. The largest absolute Gasteiger partial charge is 0.472 e. The van der Waals surface area contributed by atoms with Crippen LogP contribution in [0.25, 0.3) is 0 Å². The zero-order chi connectivity index (χ0) is 79.5. The van der Waals surface area contributed by atoms with Crippen molar-refractivity contribution in [1.29, 1.82) is 0 Å². The van der Waals surface area contributed by atoms with E-state index in [1.165, 1.54) is 270 Å². The summed E-state index contributed by atoms with van der Waals surface area (Å²) in [6.07, 6.45) is 68.1. The highest BCUT2D eigenvalue weighted by atomic mass is 31.2. The van der Waals surface area contributed by atoms with E-state index in [0.29, 0.717) is 25.7 Å². The van der Waals surface area contributed by atoms with Gasteiger partial charge in [-0.2, -0.15) is 0 Å². The van der Waals surface area contributed by atoms with Crippen LogP contribution in [0.4, 0.5) is 0 Å². The third kappa shape index (κ3) is 82.1. The Morgan fingerprint density at radius 1 is 0.231 bits per heavy atom. The van der Waals surface area contributed by atoms with Gasteiger partial charge in [0.25, 0.3) is 0 Å². The van der Waals surface area contributed by atoms with E-state index in [4.69, 9.17) is 37.0 Å². The normalized spacial score (nSPS) is 13.9. The molecule has 2 unspecified atom stereocenters. The van der Waals surface area contributed by atoms with Gasteiger partial charge in [-0.3, -0.25) is 37.3 Å². The maximum atomic E-state index is 13.2. The van der Waals surface area contributed by atoms with Gasteiger partial charge in [-0.25, -0.2) is 9.13 Å². The highest BCUT2D eigenvalue weighted by molar-refractivity contribution is 7.47. The van der Waals surface area contributed by atoms with E-state index in [-0.39, 0.29) is 25.7 Å². The molecular weight excluding hydrogens is 1400 g/mol. The molecule has 0 spiro atoms. The van der Waals surface area contributed by atoms with Gasteiger partial charge in [0.15, 0.2) is 12.2 Å². The zero-order valence-electron chi connectivity index (χ0n) is 71.5. The second-order valence-corrected chi connectivity index (χ2v) is 36.8. The van der Waals surface area contributed by atoms with E-state index >= 15 is 0 Å². The van der Waals surface area contributed by atoms with E-state index in [9.17, 15) is 43.2 Å². The summed E-state index contributed by atoms with van der Waals surface area (Å²) in [6.45, 7) is 14.4. The Bertz CT molecular complexity index is 2090. The number of unbranched alkanes of at least 4 members (excludes halogenated alkanes) is 52.